The van der Waals surface area contributed by atoms with Crippen molar-refractivity contribution in [3.05, 3.63) is 18.6 Å². The minimum absolute atomic E-state index is 0.100. The molecular formula is C17H21F2N5O. The molecule has 0 aromatic carbocycles. The number of hydrogen-bond donors (Lipinski definition) is 1. The van der Waals surface area contributed by atoms with E-state index in [0.29, 0.717) is 30.9 Å². The van der Waals surface area contributed by atoms with Crippen molar-refractivity contribution in [2.75, 3.05) is 24.5 Å². The largest absolute Gasteiger partial charge is 0.353 e. The molecule has 2 saturated heterocycles. The summed E-state index contributed by atoms with van der Waals surface area (Å²) >= 11 is 0. The topological polar surface area (TPSA) is 65.1 Å². The molecule has 8 heteroatoms. The molecule has 2 aliphatic heterocycles. The van der Waals surface area contributed by atoms with Crippen LogP contribution < -0.4 is 4.90 Å². The van der Waals surface area contributed by atoms with Gasteiger partial charge in [-0.2, -0.15) is 0 Å². The van der Waals surface area contributed by atoms with Crippen LogP contribution in [0.15, 0.2) is 18.6 Å². The zero-order chi connectivity index (χ0) is 17.7. The van der Waals surface area contributed by atoms with E-state index in [-0.39, 0.29) is 31.8 Å². The number of carbonyl (C=O) groups is 1. The average molecular weight is 349 g/mol. The van der Waals surface area contributed by atoms with Gasteiger partial charge in [-0.15, -0.1) is 0 Å². The molecule has 1 N–H and O–H groups in total. The number of carbonyl (C=O) groups excluding carboxylic acids is 1. The molecular weight excluding hydrogens is 328 g/mol. The Labute approximate surface area is 144 Å². The molecule has 134 valence electrons. The van der Waals surface area contributed by atoms with Crippen LogP contribution in [0.5, 0.6) is 0 Å². The molecule has 1 spiro atoms. The fourth-order valence-corrected chi connectivity index (χ4v) is 4.29. The smallest absolute Gasteiger partial charge is 0.274 e. The van der Waals surface area contributed by atoms with Crippen LogP contribution in [0, 0.1) is 0 Å². The maximum Gasteiger partial charge on any atom is 0.274 e. The number of hydrogen-bond acceptors (Lipinski definition) is 4. The lowest BCUT2D eigenvalue weighted by Crippen LogP contribution is -2.68. The van der Waals surface area contributed by atoms with Crippen molar-refractivity contribution in [1.29, 1.82) is 0 Å². The molecule has 4 rings (SSSR count). The lowest BCUT2D eigenvalue weighted by molar-refractivity contribution is -0.165. The van der Waals surface area contributed by atoms with Crippen molar-refractivity contribution in [1.82, 2.24) is 19.9 Å². The summed E-state index contributed by atoms with van der Waals surface area (Å²) in [6.45, 7) is 2.43. The third kappa shape index (κ3) is 2.30. The summed E-state index contributed by atoms with van der Waals surface area (Å²) in [6.07, 6.45) is 4.10. The molecule has 2 fully saturated rings. The van der Waals surface area contributed by atoms with E-state index < -0.39 is 11.5 Å². The molecule has 0 unspecified atom stereocenters. The van der Waals surface area contributed by atoms with E-state index in [1.807, 2.05) is 11.0 Å². The van der Waals surface area contributed by atoms with Gasteiger partial charge in [0.1, 0.15) is 23.3 Å². The molecule has 2 aliphatic rings. The first-order valence-electron chi connectivity index (χ1n) is 8.70. The molecule has 1 atom stereocenters. The van der Waals surface area contributed by atoms with E-state index in [0.717, 1.165) is 5.39 Å². The molecule has 25 heavy (non-hydrogen) atoms. The second-order valence-corrected chi connectivity index (χ2v) is 6.85. The fourth-order valence-electron chi connectivity index (χ4n) is 4.29. The lowest BCUT2D eigenvalue weighted by atomic mass is 9.82. The van der Waals surface area contributed by atoms with Crippen LogP contribution in [0.2, 0.25) is 0 Å². The van der Waals surface area contributed by atoms with E-state index in [1.54, 1.807) is 13.1 Å². The van der Waals surface area contributed by atoms with Gasteiger partial charge >= 0.3 is 0 Å². The minimum atomic E-state index is -2.89. The van der Waals surface area contributed by atoms with Gasteiger partial charge < -0.3 is 14.8 Å². The normalized spacial score (nSPS) is 25.9. The molecule has 0 radical (unpaired) electrons. The first-order chi connectivity index (χ1) is 12.0. The van der Waals surface area contributed by atoms with E-state index in [2.05, 4.69) is 15.0 Å². The van der Waals surface area contributed by atoms with Crippen LogP contribution in [-0.2, 0) is 4.79 Å². The van der Waals surface area contributed by atoms with E-state index in [9.17, 15) is 13.6 Å². The lowest BCUT2D eigenvalue weighted by Gasteiger charge is -2.50. The van der Waals surface area contributed by atoms with Gasteiger partial charge in [-0.25, -0.2) is 18.7 Å². The van der Waals surface area contributed by atoms with Gasteiger partial charge in [0.05, 0.1) is 5.39 Å². The monoisotopic (exact) mass is 349 g/mol. The number of nitrogens with zero attached hydrogens (tertiary/aromatic N) is 4. The highest BCUT2D eigenvalue weighted by Crippen LogP contribution is 2.48. The molecule has 2 aromatic rings. The summed E-state index contributed by atoms with van der Waals surface area (Å²) in [5, 5.41) is 0.814. The van der Waals surface area contributed by atoms with Crippen LogP contribution in [0.1, 0.15) is 32.6 Å². The number of anilines is 1. The highest BCUT2D eigenvalue weighted by atomic mass is 19.3. The summed E-state index contributed by atoms with van der Waals surface area (Å²) in [4.78, 5) is 27.2. The second kappa shape index (κ2) is 5.64. The average Bonchev–Trinajstić information content (AvgIpc) is 3.24. The van der Waals surface area contributed by atoms with E-state index in [1.165, 1.54) is 11.2 Å². The number of alkyl halides is 2. The molecule has 2 aromatic heterocycles. The van der Waals surface area contributed by atoms with E-state index in [4.69, 9.17) is 0 Å². The van der Waals surface area contributed by atoms with Crippen molar-refractivity contribution in [2.24, 2.45) is 0 Å². The Bertz CT molecular complexity index is 807. The summed E-state index contributed by atoms with van der Waals surface area (Å²) in [5.41, 5.74) is -0.754. The van der Waals surface area contributed by atoms with Gasteiger partial charge in [0.25, 0.3) is 5.92 Å². The summed E-state index contributed by atoms with van der Waals surface area (Å²) in [6, 6.07) is 1.85. The minimum Gasteiger partial charge on any atom is -0.353 e. The number of halogens is 2. The molecule has 1 amide bonds. The van der Waals surface area contributed by atoms with Crippen LogP contribution in [0.3, 0.4) is 0 Å². The van der Waals surface area contributed by atoms with Gasteiger partial charge in [-0.3, -0.25) is 4.79 Å². The quantitative estimate of drug-likeness (QED) is 0.905. The van der Waals surface area contributed by atoms with Crippen molar-refractivity contribution in [3.63, 3.8) is 0 Å². The predicted molar refractivity (Wildman–Crippen MR) is 89.6 cm³/mol. The third-order valence-electron chi connectivity index (χ3n) is 5.55. The number of nitrogens with one attached hydrogen (secondary N) is 1. The first kappa shape index (κ1) is 16.2. The number of rotatable bonds is 2. The molecule has 6 nitrogen and oxygen atoms in total. The number of aromatic amines is 1. The van der Waals surface area contributed by atoms with Crippen LogP contribution in [0.4, 0.5) is 14.6 Å². The number of piperidine rings is 1. The second-order valence-electron chi connectivity index (χ2n) is 6.85. The van der Waals surface area contributed by atoms with Crippen LogP contribution >= 0.6 is 0 Å². The highest BCUT2D eigenvalue weighted by molar-refractivity contribution is 5.87. The van der Waals surface area contributed by atoms with Gasteiger partial charge in [0.2, 0.25) is 5.91 Å². The Morgan fingerprint density at radius 1 is 1.32 bits per heavy atom. The Balaban J connectivity index is 1.74. The highest BCUT2D eigenvalue weighted by Gasteiger charge is 2.62. The number of fused-ring (bicyclic) bond motifs is 1. The van der Waals surface area contributed by atoms with Crippen LogP contribution in [-0.4, -0.2) is 56.9 Å². The summed E-state index contributed by atoms with van der Waals surface area (Å²) in [7, 11) is 0. The van der Waals surface area contributed by atoms with Gasteiger partial charge in [0, 0.05) is 38.7 Å². The standard InChI is InChI=1S/C17H21F2N5O/c1-2-13(25)24-8-3-5-16(24)10-23(9-6-17(16,18)19)15-12-4-7-20-14(12)21-11-22-15/h4,7,11H,2-3,5-6,8-10H2,1H3,(H,20,21,22)/t16-/m0/s1. The number of amides is 1. The first-order valence-corrected chi connectivity index (χ1v) is 8.70. The maximum absolute atomic E-state index is 15.0. The van der Waals surface area contributed by atoms with Crippen molar-refractivity contribution in [3.8, 4) is 0 Å². The maximum atomic E-state index is 15.0. The van der Waals surface area contributed by atoms with Crippen molar-refractivity contribution in [2.45, 2.75) is 44.1 Å². The molecule has 0 saturated carbocycles. The van der Waals surface area contributed by atoms with Gasteiger partial charge in [0.15, 0.2) is 0 Å². The Kier molecular flexibility index (Phi) is 3.66. The Hall–Kier alpha value is -2.25. The van der Waals surface area contributed by atoms with Crippen molar-refractivity contribution >= 4 is 22.8 Å². The van der Waals surface area contributed by atoms with Gasteiger partial charge in [-0.1, -0.05) is 6.92 Å². The Morgan fingerprint density at radius 3 is 2.96 bits per heavy atom. The van der Waals surface area contributed by atoms with Crippen molar-refractivity contribution < 1.29 is 13.6 Å². The Morgan fingerprint density at radius 2 is 2.16 bits per heavy atom. The summed E-state index contributed by atoms with van der Waals surface area (Å²) < 4.78 is 30.0. The molecule has 0 aliphatic carbocycles. The summed E-state index contributed by atoms with van der Waals surface area (Å²) in [5.74, 6) is -2.44. The number of aromatic nitrogens is 3. The van der Waals surface area contributed by atoms with Crippen LogP contribution in [0.25, 0.3) is 11.0 Å². The zero-order valence-electron chi connectivity index (χ0n) is 14.1. The number of H-pyrrole nitrogens is 1. The van der Waals surface area contributed by atoms with E-state index >= 15 is 0 Å². The van der Waals surface area contributed by atoms with Gasteiger partial charge in [-0.05, 0) is 18.9 Å². The fraction of sp³-hybridized carbons (Fsp3) is 0.588. The third-order valence-corrected chi connectivity index (χ3v) is 5.55. The number of likely N-dealkylation sites (tertiary alicyclic amines) is 1. The zero-order valence-corrected chi connectivity index (χ0v) is 14.1. The predicted octanol–water partition coefficient (Wildman–Crippen LogP) is 2.57. The SMILES string of the molecule is CCC(=O)N1CCC[C@@]12CN(c1ncnc3[nH]ccc13)CCC2(F)F. The molecule has 0 bridgehead atoms. The molecule has 4 heterocycles.